The van der Waals surface area contributed by atoms with Crippen molar-refractivity contribution in [2.75, 3.05) is 6.61 Å². The summed E-state index contributed by atoms with van der Waals surface area (Å²) in [6.45, 7) is 4.87. The number of rotatable bonds is 8. The summed E-state index contributed by atoms with van der Waals surface area (Å²) < 4.78 is 5.44. The van der Waals surface area contributed by atoms with Gasteiger partial charge in [0.15, 0.2) is 0 Å². The van der Waals surface area contributed by atoms with Crippen LogP contribution in [0, 0.1) is 23.2 Å². The van der Waals surface area contributed by atoms with Gasteiger partial charge in [-0.15, -0.1) is 11.8 Å². The van der Waals surface area contributed by atoms with Crippen molar-refractivity contribution in [1.82, 2.24) is 0 Å². The van der Waals surface area contributed by atoms with Crippen LogP contribution in [0.3, 0.4) is 0 Å². The van der Waals surface area contributed by atoms with Gasteiger partial charge >= 0.3 is 0 Å². The van der Waals surface area contributed by atoms with E-state index in [2.05, 4.69) is 31.8 Å². The fourth-order valence-corrected chi connectivity index (χ4v) is 1.27. The monoisotopic (exact) mass is 221 g/mol. The Balaban J connectivity index is 3.46. The van der Waals surface area contributed by atoms with Crippen LogP contribution < -0.4 is 0 Å². The third-order valence-corrected chi connectivity index (χ3v) is 2.29. The van der Waals surface area contributed by atoms with E-state index in [0.717, 1.165) is 32.1 Å². The zero-order chi connectivity index (χ0) is 12.1. The molecule has 0 fully saturated rings. The predicted molar refractivity (Wildman–Crippen MR) is 66.8 cm³/mol. The van der Waals surface area contributed by atoms with Gasteiger partial charge in [0.2, 0.25) is 0 Å². The lowest BCUT2D eigenvalue weighted by Crippen LogP contribution is -2.10. The van der Waals surface area contributed by atoms with Crippen molar-refractivity contribution >= 4 is 0 Å². The summed E-state index contributed by atoms with van der Waals surface area (Å²) in [5, 5.41) is 8.81. The van der Waals surface area contributed by atoms with Crippen molar-refractivity contribution in [3.63, 3.8) is 0 Å². The van der Waals surface area contributed by atoms with Gasteiger partial charge in [0.1, 0.15) is 6.10 Å². The molecule has 0 saturated heterocycles. The second-order valence-corrected chi connectivity index (χ2v) is 3.84. The van der Waals surface area contributed by atoms with Gasteiger partial charge in [0.05, 0.1) is 12.7 Å². The van der Waals surface area contributed by atoms with E-state index >= 15 is 0 Å². The highest BCUT2D eigenvalue weighted by Gasteiger charge is 2.05. The molecular formula is C14H23NO. The van der Waals surface area contributed by atoms with Crippen LogP contribution in [0.4, 0.5) is 0 Å². The van der Waals surface area contributed by atoms with Gasteiger partial charge in [-0.3, -0.25) is 0 Å². The highest BCUT2D eigenvalue weighted by atomic mass is 16.5. The Bertz CT molecular complexity index is 244. The number of hydrogen-bond acceptors (Lipinski definition) is 2. The molecule has 0 saturated carbocycles. The van der Waals surface area contributed by atoms with Crippen LogP contribution >= 0.6 is 0 Å². The van der Waals surface area contributed by atoms with E-state index in [1.54, 1.807) is 0 Å². The quantitative estimate of drug-likeness (QED) is 0.463. The molecule has 0 aromatic rings. The fourth-order valence-electron chi connectivity index (χ4n) is 1.27. The van der Waals surface area contributed by atoms with Crippen LogP contribution in [0.15, 0.2) is 0 Å². The average molecular weight is 221 g/mol. The minimum atomic E-state index is -0.239. The summed E-state index contributed by atoms with van der Waals surface area (Å²) in [6.07, 6.45) is 6.86. The summed E-state index contributed by atoms with van der Waals surface area (Å²) in [6, 6.07) is 2.18. The molecule has 16 heavy (non-hydrogen) atoms. The highest BCUT2D eigenvalue weighted by molar-refractivity contribution is 4.98. The molecule has 2 nitrogen and oxygen atoms in total. The van der Waals surface area contributed by atoms with Crippen molar-refractivity contribution in [3.8, 4) is 17.9 Å². The van der Waals surface area contributed by atoms with E-state index in [1.165, 1.54) is 12.8 Å². The minimum Gasteiger partial charge on any atom is -0.362 e. The molecule has 0 N–H and O–H groups in total. The second kappa shape index (κ2) is 12.1. The molecule has 0 radical (unpaired) electrons. The Hall–Kier alpha value is -0.990. The molecule has 0 aromatic carbocycles. The first-order valence-corrected chi connectivity index (χ1v) is 6.32. The van der Waals surface area contributed by atoms with Gasteiger partial charge in [-0.1, -0.05) is 33.1 Å². The third-order valence-electron chi connectivity index (χ3n) is 2.29. The third kappa shape index (κ3) is 9.56. The maximum atomic E-state index is 8.81. The van der Waals surface area contributed by atoms with Crippen LogP contribution in [0.25, 0.3) is 0 Å². The van der Waals surface area contributed by atoms with E-state index in [9.17, 15) is 0 Å². The molecule has 2 heteroatoms. The topological polar surface area (TPSA) is 33.0 Å². The smallest absolute Gasteiger partial charge is 0.144 e. The molecule has 1 atom stereocenters. The Morgan fingerprint density at radius 2 is 1.75 bits per heavy atom. The number of ether oxygens (including phenoxy) is 1. The largest absolute Gasteiger partial charge is 0.362 e. The van der Waals surface area contributed by atoms with Crippen molar-refractivity contribution in [2.24, 2.45) is 0 Å². The summed E-state index contributed by atoms with van der Waals surface area (Å²) in [4.78, 5) is 0. The normalized spacial score (nSPS) is 11.3. The van der Waals surface area contributed by atoms with Gasteiger partial charge in [-0.05, 0) is 12.8 Å². The van der Waals surface area contributed by atoms with Crippen molar-refractivity contribution < 1.29 is 4.74 Å². The highest BCUT2D eigenvalue weighted by Crippen LogP contribution is 2.04. The first kappa shape index (κ1) is 15.0. The molecule has 0 aromatic heterocycles. The average Bonchev–Trinajstić information content (AvgIpc) is 2.32. The lowest BCUT2D eigenvalue weighted by atomic mass is 10.2. The molecule has 0 aliphatic heterocycles. The Morgan fingerprint density at radius 3 is 2.38 bits per heavy atom. The molecule has 0 spiro atoms. The summed E-state index contributed by atoms with van der Waals surface area (Å²) in [5.74, 6) is 6.18. The number of hydrogen-bond donors (Lipinski definition) is 0. The van der Waals surface area contributed by atoms with Crippen LogP contribution in [-0.4, -0.2) is 12.7 Å². The maximum Gasteiger partial charge on any atom is 0.144 e. The van der Waals surface area contributed by atoms with Crippen LogP contribution in [-0.2, 0) is 4.74 Å². The Labute approximate surface area is 100.0 Å². The van der Waals surface area contributed by atoms with Gasteiger partial charge in [0.25, 0.3) is 0 Å². The van der Waals surface area contributed by atoms with Gasteiger partial charge < -0.3 is 4.74 Å². The molecule has 0 aliphatic carbocycles. The molecule has 0 rings (SSSR count). The van der Waals surface area contributed by atoms with Gasteiger partial charge in [-0.25, -0.2) is 0 Å². The van der Waals surface area contributed by atoms with Gasteiger partial charge in [0, 0.05) is 12.8 Å². The lowest BCUT2D eigenvalue weighted by Gasteiger charge is -2.07. The standard InChI is InChI=1S/C14H23NO/c1-3-5-7-8-9-10-12-16-14(13-15)11-6-4-2/h14H,3-7,10-12H2,1-2H3. The SMILES string of the molecule is CCCCC#CCCOC(C#N)CCCC. The molecular weight excluding hydrogens is 198 g/mol. The van der Waals surface area contributed by atoms with E-state index in [-0.39, 0.29) is 6.10 Å². The number of nitriles is 1. The predicted octanol–water partition coefficient (Wildman–Crippen LogP) is 3.67. The Morgan fingerprint density at radius 1 is 1.06 bits per heavy atom. The number of unbranched alkanes of at least 4 members (excludes halogenated alkanes) is 3. The molecule has 0 bridgehead atoms. The summed E-state index contributed by atoms with van der Waals surface area (Å²) >= 11 is 0. The fraction of sp³-hybridized carbons (Fsp3) is 0.786. The summed E-state index contributed by atoms with van der Waals surface area (Å²) in [7, 11) is 0. The van der Waals surface area contributed by atoms with Crippen molar-refractivity contribution in [3.05, 3.63) is 0 Å². The zero-order valence-corrected chi connectivity index (χ0v) is 10.6. The first-order chi connectivity index (χ1) is 7.85. The van der Waals surface area contributed by atoms with Crippen LogP contribution in [0.5, 0.6) is 0 Å². The van der Waals surface area contributed by atoms with E-state index in [4.69, 9.17) is 10.00 Å². The zero-order valence-electron chi connectivity index (χ0n) is 10.6. The molecule has 90 valence electrons. The van der Waals surface area contributed by atoms with Crippen molar-refractivity contribution in [1.29, 1.82) is 5.26 Å². The molecule has 1 unspecified atom stereocenters. The maximum absolute atomic E-state index is 8.81. The van der Waals surface area contributed by atoms with Crippen LogP contribution in [0.2, 0.25) is 0 Å². The molecule has 0 amide bonds. The van der Waals surface area contributed by atoms with E-state index in [1.807, 2.05) is 0 Å². The Kier molecular flexibility index (Phi) is 11.3. The van der Waals surface area contributed by atoms with Gasteiger partial charge in [-0.2, -0.15) is 5.26 Å². The van der Waals surface area contributed by atoms with Crippen LogP contribution in [0.1, 0.15) is 58.8 Å². The summed E-state index contributed by atoms with van der Waals surface area (Å²) in [5.41, 5.74) is 0. The number of nitrogens with zero attached hydrogens (tertiary/aromatic N) is 1. The second-order valence-electron chi connectivity index (χ2n) is 3.84. The molecule has 0 aliphatic rings. The first-order valence-electron chi connectivity index (χ1n) is 6.32. The van der Waals surface area contributed by atoms with E-state index in [0.29, 0.717) is 6.61 Å². The van der Waals surface area contributed by atoms with E-state index < -0.39 is 0 Å². The molecule has 0 heterocycles. The minimum absolute atomic E-state index is 0.239. The van der Waals surface area contributed by atoms with Crippen molar-refractivity contribution in [2.45, 2.75) is 64.9 Å². The lowest BCUT2D eigenvalue weighted by molar-refractivity contribution is 0.0874.